The predicted molar refractivity (Wildman–Crippen MR) is 81.8 cm³/mol. The van der Waals surface area contributed by atoms with Crippen LogP contribution in [0.1, 0.15) is 26.3 Å². The summed E-state index contributed by atoms with van der Waals surface area (Å²) in [6.07, 6.45) is 1.12. The van der Waals surface area contributed by atoms with Gasteiger partial charge in [0.2, 0.25) is 0 Å². The second-order valence-electron chi connectivity index (χ2n) is 5.85. The number of amides is 1. The van der Waals surface area contributed by atoms with Crippen LogP contribution in [0.15, 0.2) is 28.9 Å². The third-order valence-corrected chi connectivity index (χ3v) is 2.86. The van der Waals surface area contributed by atoms with Crippen LogP contribution in [-0.4, -0.2) is 24.8 Å². The molecule has 6 heteroatoms. The van der Waals surface area contributed by atoms with Crippen LogP contribution in [0.5, 0.6) is 0 Å². The van der Waals surface area contributed by atoms with Crippen molar-refractivity contribution in [2.24, 2.45) is 0 Å². The van der Waals surface area contributed by atoms with Crippen molar-refractivity contribution >= 4 is 28.7 Å². The smallest absolute Gasteiger partial charge is 0.412 e. The van der Waals surface area contributed by atoms with Crippen molar-refractivity contribution in [1.29, 1.82) is 0 Å². The van der Waals surface area contributed by atoms with Crippen LogP contribution in [0.4, 0.5) is 10.5 Å². The Hall–Kier alpha value is -2.50. The number of hydrogen-bond donors (Lipinski definition) is 1. The van der Waals surface area contributed by atoms with Gasteiger partial charge in [0.1, 0.15) is 11.2 Å². The molecule has 1 N–H and O–H groups in total. The summed E-state index contributed by atoms with van der Waals surface area (Å²) in [6, 6.07) is 5.19. The van der Waals surface area contributed by atoms with E-state index in [1.807, 2.05) is 0 Å². The number of ether oxygens (including phenoxy) is 2. The van der Waals surface area contributed by atoms with Gasteiger partial charge in [-0.05, 0) is 32.9 Å². The van der Waals surface area contributed by atoms with E-state index in [2.05, 4.69) is 10.1 Å². The molecule has 2 aromatic rings. The van der Waals surface area contributed by atoms with Gasteiger partial charge in [-0.2, -0.15) is 0 Å². The first-order chi connectivity index (χ1) is 10.3. The van der Waals surface area contributed by atoms with E-state index in [1.54, 1.807) is 39.0 Å². The van der Waals surface area contributed by atoms with Crippen molar-refractivity contribution in [1.82, 2.24) is 0 Å². The van der Waals surface area contributed by atoms with Gasteiger partial charge in [0.25, 0.3) is 0 Å². The topological polar surface area (TPSA) is 77.8 Å². The Balaban J connectivity index is 2.15. The van der Waals surface area contributed by atoms with Gasteiger partial charge in [0.15, 0.2) is 0 Å². The van der Waals surface area contributed by atoms with E-state index in [1.165, 1.54) is 13.4 Å². The summed E-state index contributed by atoms with van der Waals surface area (Å²) >= 11 is 0. The molecule has 0 radical (unpaired) electrons. The third-order valence-electron chi connectivity index (χ3n) is 2.86. The molecule has 0 atom stereocenters. The summed E-state index contributed by atoms with van der Waals surface area (Å²) in [5.41, 5.74) is 1.31. The molecule has 0 unspecified atom stereocenters. The molecule has 0 saturated heterocycles. The number of methoxy groups -OCH3 is 1. The van der Waals surface area contributed by atoms with Crippen LogP contribution >= 0.6 is 0 Å². The molecule has 0 aliphatic carbocycles. The molecular weight excluding hydrogens is 286 g/mol. The minimum Gasteiger partial charge on any atom is -0.469 e. The summed E-state index contributed by atoms with van der Waals surface area (Å²) in [5.74, 6) is -0.335. The molecule has 0 aliphatic heterocycles. The minimum atomic E-state index is -0.563. The summed E-state index contributed by atoms with van der Waals surface area (Å²) in [4.78, 5) is 23.1. The van der Waals surface area contributed by atoms with Crippen molar-refractivity contribution < 1.29 is 23.5 Å². The molecule has 0 aliphatic rings. The quantitative estimate of drug-likeness (QED) is 0.878. The third kappa shape index (κ3) is 4.00. The normalized spacial score (nSPS) is 11.3. The predicted octanol–water partition coefficient (Wildman–Crippen LogP) is 3.50. The van der Waals surface area contributed by atoms with Crippen molar-refractivity contribution in [3.63, 3.8) is 0 Å². The van der Waals surface area contributed by atoms with Gasteiger partial charge in [0, 0.05) is 22.7 Å². The zero-order chi connectivity index (χ0) is 16.3. The Morgan fingerprint density at radius 2 is 2.00 bits per heavy atom. The summed E-state index contributed by atoms with van der Waals surface area (Å²) in [7, 11) is 1.34. The first-order valence-corrected chi connectivity index (χ1v) is 6.85. The number of esters is 1. The van der Waals surface area contributed by atoms with Crippen molar-refractivity contribution in [3.05, 3.63) is 30.0 Å². The van der Waals surface area contributed by atoms with E-state index >= 15 is 0 Å². The van der Waals surface area contributed by atoms with Crippen LogP contribution < -0.4 is 5.32 Å². The van der Waals surface area contributed by atoms with E-state index < -0.39 is 11.7 Å². The SMILES string of the molecule is COC(=O)Cc1coc2cc(NC(=O)OC(C)(C)C)ccc12. The lowest BCUT2D eigenvalue weighted by molar-refractivity contribution is -0.139. The molecule has 0 saturated carbocycles. The zero-order valence-corrected chi connectivity index (χ0v) is 13.1. The highest BCUT2D eigenvalue weighted by molar-refractivity contribution is 5.91. The number of rotatable bonds is 3. The highest BCUT2D eigenvalue weighted by Crippen LogP contribution is 2.25. The Labute approximate surface area is 128 Å². The second-order valence-corrected chi connectivity index (χ2v) is 5.85. The maximum atomic E-state index is 11.7. The monoisotopic (exact) mass is 305 g/mol. The standard InChI is InChI=1S/C16H19NO5/c1-16(2,3)22-15(19)17-11-5-6-12-10(7-14(18)20-4)9-21-13(12)8-11/h5-6,8-9H,7H2,1-4H3,(H,17,19). The maximum Gasteiger partial charge on any atom is 0.412 e. The summed E-state index contributed by atoms with van der Waals surface area (Å²) in [6.45, 7) is 5.38. The average molecular weight is 305 g/mol. The van der Waals surface area contributed by atoms with Crippen LogP contribution in [-0.2, 0) is 20.7 Å². The second kappa shape index (κ2) is 6.09. The van der Waals surface area contributed by atoms with Crippen LogP contribution in [0, 0.1) is 0 Å². The fourth-order valence-electron chi connectivity index (χ4n) is 1.95. The van der Waals surface area contributed by atoms with Crippen molar-refractivity contribution in [3.8, 4) is 0 Å². The number of benzene rings is 1. The molecule has 0 bridgehead atoms. The lowest BCUT2D eigenvalue weighted by Crippen LogP contribution is -2.27. The van der Waals surface area contributed by atoms with Crippen LogP contribution in [0.25, 0.3) is 11.0 Å². The molecular formula is C16H19NO5. The van der Waals surface area contributed by atoms with E-state index in [4.69, 9.17) is 9.15 Å². The zero-order valence-electron chi connectivity index (χ0n) is 13.1. The molecule has 2 rings (SSSR count). The lowest BCUT2D eigenvalue weighted by Gasteiger charge is -2.19. The minimum absolute atomic E-state index is 0.141. The van der Waals surface area contributed by atoms with Gasteiger partial charge in [-0.25, -0.2) is 4.79 Å². The van der Waals surface area contributed by atoms with Crippen molar-refractivity contribution in [2.45, 2.75) is 32.8 Å². The Kier molecular flexibility index (Phi) is 4.40. The van der Waals surface area contributed by atoms with E-state index in [0.717, 1.165) is 10.9 Å². The molecule has 22 heavy (non-hydrogen) atoms. The molecule has 1 amide bonds. The fraction of sp³-hybridized carbons (Fsp3) is 0.375. The summed E-state index contributed by atoms with van der Waals surface area (Å²) in [5, 5.41) is 3.44. The van der Waals surface area contributed by atoms with Gasteiger partial charge in [-0.3, -0.25) is 10.1 Å². The van der Waals surface area contributed by atoms with Crippen LogP contribution in [0.3, 0.4) is 0 Å². The number of carbonyl (C=O) groups is 2. The van der Waals surface area contributed by atoms with E-state index in [0.29, 0.717) is 11.3 Å². The number of nitrogens with one attached hydrogen (secondary N) is 1. The highest BCUT2D eigenvalue weighted by atomic mass is 16.6. The van der Waals surface area contributed by atoms with E-state index in [9.17, 15) is 9.59 Å². The Morgan fingerprint density at radius 1 is 1.27 bits per heavy atom. The number of hydrogen-bond acceptors (Lipinski definition) is 5. The van der Waals surface area contributed by atoms with Gasteiger partial charge < -0.3 is 13.9 Å². The number of furan rings is 1. The van der Waals surface area contributed by atoms with Gasteiger partial charge in [-0.1, -0.05) is 0 Å². The molecule has 0 spiro atoms. The number of fused-ring (bicyclic) bond motifs is 1. The number of anilines is 1. The first kappa shape index (κ1) is 15.9. The number of carbonyl (C=O) groups excluding carboxylic acids is 2. The molecule has 0 fully saturated rings. The van der Waals surface area contributed by atoms with E-state index in [-0.39, 0.29) is 12.4 Å². The molecule has 1 heterocycles. The van der Waals surface area contributed by atoms with Crippen molar-refractivity contribution in [2.75, 3.05) is 12.4 Å². The van der Waals surface area contributed by atoms with Gasteiger partial charge in [-0.15, -0.1) is 0 Å². The summed E-state index contributed by atoms with van der Waals surface area (Å²) < 4.78 is 15.2. The fourth-order valence-corrected chi connectivity index (χ4v) is 1.95. The lowest BCUT2D eigenvalue weighted by atomic mass is 10.1. The Morgan fingerprint density at radius 3 is 2.64 bits per heavy atom. The highest BCUT2D eigenvalue weighted by Gasteiger charge is 2.17. The molecule has 1 aromatic heterocycles. The van der Waals surface area contributed by atoms with Gasteiger partial charge in [0.05, 0.1) is 19.8 Å². The van der Waals surface area contributed by atoms with Gasteiger partial charge >= 0.3 is 12.1 Å². The molecule has 1 aromatic carbocycles. The molecule has 118 valence electrons. The maximum absolute atomic E-state index is 11.7. The molecule has 6 nitrogen and oxygen atoms in total. The van der Waals surface area contributed by atoms with Crippen LogP contribution in [0.2, 0.25) is 0 Å². The largest absolute Gasteiger partial charge is 0.469 e. The Bertz CT molecular complexity index is 696. The first-order valence-electron chi connectivity index (χ1n) is 6.85. The average Bonchev–Trinajstić information content (AvgIpc) is 2.78.